The molecule has 0 aliphatic heterocycles. The van der Waals surface area contributed by atoms with Gasteiger partial charge in [0.25, 0.3) is 5.91 Å². The van der Waals surface area contributed by atoms with Crippen LogP contribution in [-0.4, -0.2) is 31.1 Å². The van der Waals surface area contributed by atoms with E-state index in [4.69, 9.17) is 4.74 Å². The first-order valence-corrected chi connectivity index (χ1v) is 10.5. The highest BCUT2D eigenvalue weighted by Gasteiger charge is 2.14. The lowest BCUT2D eigenvalue weighted by Gasteiger charge is -2.13. The average Bonchev–Trinajstić information content (AvgIpc) is 2.76. The normalized spacial score (nSPS) is 11.0. The van der Waals surface area contributed by atoms with Crippen molar-refractivity contribution in [3.8, 4) is 11.5 Å². The summed E-state index contributed by atoms with van der Waals surface area (Å²) in [5.74, 6) is -0.344. The second kappa shape index (κ2) is 10.1. The van der Waals surface area contributed by atoms with Gasteiger partial charge in [0, 0.05) is 25.3 Å². The number of carbonyl (C=O) groups excluding carboxylic acids is 1. The van der Waals surface area contributed by atoms with Crippen molar-refractivity contribution in [3.63, 3.8) is 0 Å². The van der Waals surface area contributed by atoms with E-state index in [0.29, 0.717) is 16.9 Å². The van der Waals surface area contributed by atoms with Crippen molar-refractivity contribution >= 4 is 46.2 Å². The molecule has 0 unspecified atom stereocenters. The minimum absolute atomic E-state index is 0.215. The van der Waals surface area contributed by atoms with Crippen LogP contribution in [0.25, 0.3) is 6.08 Å². The Balaban J connectivity index is 1.73. The molecule has 3 aromatic rings. The molecule has 1 amide bonds. The molecule has 158 valence electrons. The summed E-state index contributed by atoms with van der Waals surface area (Å²) in [5.41, 5.74) is 1.72. The van der Waals surface area contributed by atoms with Crippen LogP contribution in [0, 0.1) is 3.57 Å². The number of amides is 1. The molecular weight excluding hydrogens is 507 g/mol. The van der Waals surface area contributed by atoms with Gasteiger partial charge in [-0.1, -0.05) is 24.3 Å². The zero-order chi connectivity index (χ0) is 22.4. The van der Waals surface area contributed by atoms with Crippen LogP contribution in [0.4, 0.5) is 5.69 Å². The zero-order valence-electron chi connectivity index (χ0n) is 17.0. The molecule has 0 atom stereocenters. The Morgan fingerprint density at radius 2 is 1.61 bits per heavy atom. The number of carboxylic acids is 1. The fourth-order valence-electron chi connectivity index (χ4n) is 2.71. The smallest absolute Gasteiger partial charge is 0.352 e. The van der Waals surface area contributed by atoms with Gasteiger partial charge in [0.15, 0.2) is 0 Å². The maximum atomic E-state index is 12.5. The summed E-state index contributed by atoms with van der Waals surface area (Å²) in [6.45, 7) is 0. The summed E-state index contributed by atoms with van der Waals surface area (Å²) in [7, 11) is 3.80. The largest absolute Gasteiger partial charge is 0.477 e. The van der Waals surface area contributed by atoms with Gasteiger partial charge in [-0.15, -0.1) is 0 Å². The Labute approximate surface area is 194 Å². The standard InChI is InChI=1S/C24H21IN2O4/c1-27(2)18-11-9-17(10-12-18)23(28)26-21(24(29)30)15-16-7-13-19(14-8-16)31-22-6-4-3-5-20(22)25/h3-15H,1-2H3,(H,26,28)(H,29,30)/b21-15-. The van der Waals surface area contributed by atoms with Crippen LogP contribution in [0.15, 0.2) is 78.5 Å². The summed E-state index contributed by atoms with van der Waals surface area (Å²) >= 11 is 2.20. The van der Waals surface area contributed by atoms with Crippen molar-refractivity contribution in [2.75, 3.05) is 19.0 Å². The maximum Gasteiger partial charge on any atom is 0.352 e. The molecule has 3 aromatic carbocycles. The molecule has 3 rings (SSSR count). The van der Waals surface area contributed by atoms with Crippen molar-refractivity contribution in [2.45, 2.75) is 0 Å². The zero-order valence-corrected chi connectivity index (χ0v) is 19.2. The van der Waals surface area contributed by atoms with Crippen LogP contribution in [0.2, 0.25) is 0 Å². The Kier molecular flexibility index (Phi) is 7.30. The number of ether oxygens (including phenoxy) is 1. The number of benzene rings is 3. The van der Waals surface area contributed by atoms with Crippen LogP contribution in [-0.2, 0) is 4.79 Å². The molecule has 0 saturated heterocycles. The van der Waals surface area contributed by atoms with Gasteiger partial charge in [0.05, 0.1) is 3.57 Å². The number of halogens is 1. The van der Waals surface area contributed by atoms with E-state index >= 15 is 0 Å². The van der Waals surface area contributed by atoms with Gasteiger partial charge in [0.1, 0.15) is 17.2 Å². The van der Waals surface area contributed by atoms with Gasteiger partial charge in [0.2, 0.25) is 0 Å². The van der Waals surface area contributed by atoms with Crippen LogP contribution in [0.5, 0.6) is 11.5 Å². The molecular formula is C24H21IN2O4. The van der Waals surface area contributed by atoms with E-state index < -0.39 is 11.9 Å². The van der Waals surface area contributed by atoms with Gasteiger partial charge in [-0.2, -0.15) is 0 Å². The fourth-order valence-corrected chi connectivity index (χ4v) is 3.21. The van der Waals surface area contributed by atoms with Crippen molar-refractivity contribution in [1.29, 1.82) is 0 Å². The van der Waals surface area contributed by atoms with Crippen LogP contribution in [0.3, 0.4) is 0 Å². The van der Waals surface area contributed by atoms with Gasteiger partial charge in [-0.25, -0.2) is 4.79 Å². The number of nitrogens with one attached hydrogen (secondary N) is 1. The molecule has 0 aliphatic rings. The monoisotopic (exact) mass is 528 g/mol. The number of carboxylic acid groups (broad SMARTS) is 1. The Morgan fingerprint density at radius 1 is 0.968 bits per heavy atom. The third-order valence-corrected chi connectivity index (χ3v) is 5.27. The quantitative estimate of drug-likeness (QED) is 0.333. The first-order chi connectivity index (χ1) is 14.8. The summed E-state index contributed by atoms with van der Waals surface area (Å²) in [5, 5.41) is 12.0. The van der Waals surface area contributed by atoms with Crippen molar-refractivity contribution in [1.82, 2.24) is 5.32 Å². The van der Waals surface area contributed by atoms with Gasteiger partial charge in [-0.05, 0) is 82.8 Å². The highest BCUT2D eigenvalue weighted by atomic mass is 127. The highest BCUT2D eigenvalue weighted by molar-refractivity contribution is 14.1. The first-order valence-electron chi connectivity index (χ1n) is 9.39. The molecule has 0 bridgehead atoms. The van der Waals surface area contributed by atoms with Crippen LogP contribution in [0.1, 0.15) is 15.9 Å². The number of para-hydroxylation sites is 1. The highest BCUT2D eigenvalue weighted by Crippen LogP contribution is 2.26. The number of anilines is 1. The molecule has 7 heteroatoms. The van der Waals surface area contributed by atoms with Crippen molar-refractivity contribution < 1.29 is 19.4 Å². The molecule has 6 nitrogen and oxygen atoms in total. The average molecular weight is 528 g/mol. The topological polar surface area (TPSA) is 78.9 Å². The SMILES string of the molecule is CN(C)c1ccc(C(=O)N/C(=C\c2ccc(Oc3ccccc3I)cc2)C(=O)O)cc1. The predicted octanol–water partition coefficient (Wildman–Crippen LogP) is 5.01. The molecule has 2 N–H and O–H groups in total. The molecule has 0 radical (unpaired) electrons. The number of nitrogens with zero attached hydrogens (tertiary/aromatic N) is 1. The molecule has 0 aromatic heterocycles. The van der Waals surface area contributed by atoms with Gasteiger partial charge >= 0.3 is 5.97 Å². The summed E-state index contributed by atoms with van der Waals surface area (Å²) < 4.78 is 6.83. The van der Waals surface area contributed by atoms with Crippen molar-refractivity contribution in [2.24, 2.45) is 0 Å². The molecule has 0 heterocycles. The van der Waals surface area contributed by atoms with E-state index in [9.17, 15) is 14.7 Å². The number of hydrogen-bond donors (Lipinski definition) is 2. The number of aliphatic carboxylic acids is 1. The molecule has 0 saturated carbocycles. The van der Waals surface area contributed by atoms with Gasteiger partial charge < -0.3 is 20.1 Å². The first kappa shape index (κ1) is 22.4. The molecule has 31 heavy (non-hydrogen) atoms. The Hall–Kier alpha value is -3.33. The molecule has 0 fully saturated rings. The number of carbonyl (C=O) groups is 2. The number of hydrogen-bond acceptors (Lipinski definition) is 4. The van der Waals surface area contributed by atoms with E-state index in [1.165, 1.54) is 6.08 Å². The van der Waals surface area contributed by atoms with Crippen molar-refractivity contribution in [3.05, 3.63) is 93.2 Å². The third kappa shape index (κ3) is 6.08. The lowest BCUT2D eigenvalue weighted by Crippen LogP contribution is -2.27. The second-order valence-electron chi connectivity index (χ2n) is 6.86. The van der Waals surface area contributed by atoms with E-state index in [0.717, 1.165) is 15.0 Å². The second-order valence-corrected chi connectivity index (χ2v) is 8.02. The molecule has 0 aliphatic carbocycles. The van der Waals surface area contributed by atoms with E-state index in [2.05, 4.69) is 27.9 Å². The Bertz CT molecular complexity index is 1110. The third-order valence-electron chi connectivity index (χ3n) is 4.38. The molecule has 0 spiro atoms. The van der Waals surface area contributed by atoms with E-state index in [1.807, 2.05) is 43.3 Å². The summed E-state index contributed by atoms with van der Waals surface area (Å²) in [6.07, 6.45) is 1.41. The summed E-state index contributed by atoms with van der Waals surface area (Å²) in [4.78, 5) is 26.0. The van der Waals surface area contributed by atoms with E-state index in [-0.39, 0.29) is 5.70 Å². The van der Waals surface area contributed by atoms with E-state index in [1.54, 1.807) is 48.5 Å². The lowest BCUT2D eigenvalue weighted by atomic mass is 10.1. The van der Waals surface area contributed by atoms with Crippen LogP contribution >= 0.6 is 22.6 Å². The number of rotatable bonds is 7. The fraction of sp³-hybridized carbons (Fsp3) is 0.0833. The minimum Gasteiger partial charge on any atom is -0.477 e. The minimum atomic E-state index is -1.22. The Morgan fingerprint density at radius 3 is 2.19 bits per heavy atom. The summed E-state index contributed by atoms with van der Waals surface area (Å²) in [6, 6.07) is 21.5. The van der Waals surface area contributed by atoms with Crippen LogP contribution < -0.4 is 15.0 Å². The maximum absolute atomic E-state index is 12.5. The predicted molar refractivity (Wildman–Crippen MR) is 130 cm³/mol. The lowest BCUT2D eigenvalue weighted by molar-refractivity contribution is -0.132. The van der Waals surface area contributed by atoms with Gasteiger partial charge in [-0.3, -0.25) is 4.79 Å².